The van der Waals surface area contributed by atoms with Gasteiger partial charge < -0.3 is 10.1 Å². The van der Waals surface area contributed by atoms with Crippen LogP contribution in [-0.4, -0.2) is 25.5 Å². The van der Waals surface area contributed by atoms with Crippen molar-refractivity contribution in [1.82, 2.24) is 5.32 Å². The number of rotatable bonds is 5. The molecule has 1 N–H and O–H groups in total. The molecule has 0 fully saturated rings. The molecule has 1 amide bonds. The molecule has 0 saturated carbocycles. The number of benzene rings is 1. The molecule has 0 radical (unpaired) electrons. The molecular formula is C12H15F2NO2. The Morgan fingerprint density at radius 3 is 2.71 bits per heavy atom. The Bertz CT molecular complexity index is 383. The van der Waals surface area contributed by atoms with E-state index < -0.39 is 18.4 Å². The minimum absolute atomic E-state index is 0.188. The minimum Gasteiger partial charge on any atom is -0.497 e. The lowest BCUT2D eigenvalue weighted by Crippen LogP contribution is -2.39. The van der Waals surface area contributed by atoms with Gasteiger partial charge in [-0.1, -0.05) is 13.0 Å². The maximum Gasteiger partial charge on any atom is 0.258 e. The van der Waals surface area contributed by atoms with Crippen LogP contribution >= 0.6 is 0 Å². The Hall–Kier alpha value is -1.65. The number of nitrogens with one attached hydrogen (secondary N) is 1. The van der Waals surface area contributed by atoms with Crippen LogP contribution < -0.4 is 10.1 Å². The van der Waals surface area contributed by atoms with Crippen LogP contribution in [0, 0.1) is 0 Å². The number of alkyl halides is 2. The number of methoxy groups -OCH3 is 1. The Kier molecular flexibility index (Phi) is 4.87. The fourth-order valence-electron chi connectivity index (χ4n) is 1.36. The van der Waals surface area contributed by atoms with Gasteiger partial charge in [-0.3, -0.25) is 4.79 Å². The fraction of sp³-hybridized carbons (Fsp3) is 0.417. The van der Waals surface area contributed by atoms with Gasteiger partial charge in [0, 0.05) is 5.56 Å². The van der Waals surface area contributed by atoms with Crippen molar-refractivity contribution in [2.24, 2.45) is 0 Å². The van der Waals surface area contributed by atoms with Crippen LogP contribution in [0.1, 0.15) is 23.7 Å². The van der Waals surface area contributed by atoms with Gasteiger partial charge in [0.2, 0.25) is 0 Å². The van der Waals surface area contributed by atoms with Crippen LogP contribution in [0.4, 0.5) is 8.78 Å². The van der Waals surface area contributed by atoms with Crippen LogP contribution in [-0.2, 0) is 0 Å². The second kappa shape index (κ2) is 6.18. The Balaban J connectivity index is 2.75. The van der Waals surface area contributed by atoms with Crippen LogP contribution in [0.2, 0.25) is 0 Å². The van der Waals surface area contributed by atoms with E-state index in [0.29, 0.717) is 11.3 Å². The number of hydrogen-bond acceptors (Lipinski definition) is 2. The quantitative estimate of drug-likeness (QED) is 0.862. The van der Waals surface area contributed by atoms with Gasteiger partial charge in [-0.15, -0.1) is 0 Å². The summed E-state index contributed by atoms with van der Waals surface area (Å²) in [5, 5.41) is 2.29. The average Bonchev–Trinajstić information content (AvgIpc) is 2.35. The molecule has 0 spiro atoms. The lowest BCUT2D eigenvalue weighted by atomic mass is 10.1. The molecule has 0 aromatic heterocycles. The highest BCUT2D eigenvalue weighted by Gasteiger charge is 2.20. The molecule has 0 aliphatic heterocycles. The molecule has 5 heteroatoms. The highest BCUT2D eigenvalue weighted by Crippen LogP contribution is 2.13. The molecular weight excluding hydrogens is 228 g/mol. The third-order valence-corrected chi connectivity index (χ3v) is 2.39. The van der Waals surface area contributed by atoms with E-state index in [1.807, 2.05) is 0 Å². The first-order valence-electron chi connectivity index (χ1n) is 5.31. The summed E-state index contributed by atoms with van der Waals surface area (Å²) in [6.07, 6.45) is -2.37. The molecule has 3 nitrogen and oxygen atoms in total. The first-order chi connectivity index (χ1) is 8.08. The number of carbonyl (C=O) groups excluding carboxylic acids is 1. The first-order valence-corrected chi connectivity index (χ1v) is 5.31. The summed E-state index contributed by atoms with van der Waals surface area (Å²) in [6, 6.07) is 5.26. The molecule has 0 aliphatic carbocycles. The van der Waals surface area contributed by atoms with Crippen molar-refractivity contribution in [1.29, 1.82) is 0 Å². The minimum atomic E-state index is -2.56. The molecule has 1 unspecified atom stereocenters. The van der Waals surface area contributed by atoms with Crippen molar-refractivity contribution < 1.29 is 18.3 Å². The Morgan fingerprint density at radius 1 is 1.47 bits per heavy atom. The third kappa shape index (κ3) is 3.69. The lowest BCUT2D eigenvalue weighted by Gasteiger charge is -2.15. The van der Waals surface area contributed by atoms with E-state index in [1.165, 1.54) is 13.2 Å². The van der Waals surface area contributed by atoms with Crippen LogP contribution in [0.5, 0.6) is 5.75 Å². The highest BCUT2D eigenvalue weighted by molar-refractivity contribution is 5.94. The monoisotopic (exact) mass is 243 g/mol. The Labute approximate surface area is 98.8 Å². The number of ether oxygens (including phenoxy) is 1. The van der Waals surface area contributed by atoms with Gasteiger partial charge in [-0.05, 0) is 24.6 Å². The summed E-state index contributed by atoms with van der Waals surface area (Å²) in [5.41, 5.74) is 0.309. The van der Waals surface area contributed by atoms with Gasteiger partial charge in [-0.2, -0.15) is 0 Å². The van der Waals surface area contributed by atoms with E-state index in [-0.39, 0.29) is 6.42 Å². The van der Waals surface area contributed by atoms with Crippen LogP contribution in [0.15, 0.2) is 24.3 Å². The molecule has 94 valence electrons. The molecule has 1 atom stereocenters. The molecule has 1 aromatic carbocycles. The molecule has 17 heavy (non-hydrogen) atoms. The van der Waals surface area contributed by atoms with E-state index in [4.69, 9.17) is 4.74 Å². The van der Waals surface area contributed by atoms with E-state index in [9.17, 15) is 13.6 Å². The van der Waals surface area contributed by atoms with Gasteiger partial charge in [0.15, 0.2) is 0 Å². The topological polar surface area (TPSA) is 38.3 Å². The number of hydrogen-bond donors (Lipinski definition) is 1. The van der Waals surface area contributed by atoms with Crippen molar-refractivity contribution >= 4 is 5.91 Å². The van der Waals surface area contributed by atoms with Crippen LogP contribution in [0.25, 0.3) is 0 Å². The largest absolute Gasteiger partial charge is 0.497 e. The van der Waals surface area contributed by atoms with Crippen molar-refractivity contribution in [3.05, 3.63) is 29.8 Å². The van der Waals surface area contributed by atoms with Crippen molar-refractivity contribution in [3.63, 3.8) is 0 Å². The summed E-state index contributed by atoms with van der Waals surface area (Å²) < 4.78 is 29.9. The summed E-state index contributed by atoms with van der Waals surface area (Å²) in [4.78, 5) is 11.7. The van der Waals surface area contributed by atoms with Crippen LogP contribution in [0.3, 0.4) is 0 Å². The molecule has 1 aromatic rings. The maximum absolute atomic E-state index is 12.5. The third-order valence-electron chi connectivity index (χ3n) is 2.39. The smallest absolute Gasteiger partial charge is 0.258 e. The summed E-state index contributed by atoms with van der Waals surface area (Å²) in [6.45, 7) is 1.60. The second-order valence-electron chi connectivity index (χ2n) is 3.55. The number of carbonyl (C=O) groups is 1. The number of halogens is 2. The number of amides is 1. The molecule has 0 heterocycles. The van der Waals surface area contributed by atoms with Gasteiger partial charge in [0.05, 0.1) is 13.2 Å². The van der Waals surface area contributed by atoms with Gasteiger partial charge in [-0.25, -0.2) is 8.78 Å². The summed E-state index contributed by atoms with van der Waals surface area (Å²) in [7, 11) is 1.48. The lowest BCUT2D eigenvalue weighted by molar-refractivity contribution is 0.0737. The van der Waals surface area contributed by atoms with Gasteiger partial charge in [0.25, 0.3) is 12.3 Å². The van der Waals surface area contributed by atoms with Crippen molar-refractivity contribution in [2.45, 2.75) is 25.8 Å². The normalized spacial score (nSPS) is 12.3. The molecule has 0 bridgehead atoms. The second-order valence-corrected chi connectivity index (χ2v) is 3.55. The predicted octanol–water partition coefficient (Wildman–Crippen LogP) is 2.47. The molecule has 0 saturated heterocycles. The first kappa shape index (κ1) is 13.4. The zero-order valence-corrected chi connectivity index (χ0v) is 9.74. The SMILES string of the molecule is CCC(NC(=O)c1cccc(OC)c1)C(F)F. The Morgan fingerprint density at radius 2 is 2.18 bits per heavy atom. The van der Waals surface area contributed by atoms with E-state index >= 15 is 0 Å². The molecule has 0 aliphatic rings. The maximum atomic E-state index is 12.5. The van der Waals surface area contributed by atoms with E-state index in [1.54, 1.807) is 25.1 Å². The van der Waals surface area contributed by atoms with Gasteiger partial charge in [0.1, 0.15) is 5.75 Å². The van der Waals surface area contributed by atoms with Crippen molar-refractivity contribution in [2.75, 3.05) is 7.11 Å². The standard InChI is InChI=1S/C12H15F2NO2/c1-3-10(11(13)14)15-12(16)8-5-4-6-9(7-8)17-2/h4-7,10-11H,3H2,1-2H3,(H,15,16). The predicted molar refractivity (Wildman–Crippen MR) is 60.5 cm³/mol. The average molecular weight is 243 g/mol. The zero-order chi connectivity index (χ0) is 12.8. The van der Waals surface area contributed by atoms with Crippen molar-refractivity contribution in [3.8, 4) is 5.75 Å². The summed E-state index contributed by atoms with van der Waals surface area (Å²) in [5.74, 6) is -0.00112. The fourth-order valence-corrected chi connectivity index (χ4v) is 1.36. The highest BCUT2D eigenvalue weighted by atomic mass is 19.3. The van der Waals surface area contributed by atoms with E-state index in [0.717, 1.165) is 0 Å². The zero-order valence-electron chi connectivity index (χ0n) is 9.74. The van der Waals surface area contributed by atoms with E-state index in [2.05, 4.69) is 5.32 Å². The van der Waals surface area contributed by atoms with Gasteiger partial charge >= 0.3 is 0 Å². The molecule has 1 rings (SSSR count). The summed E-state index contributed by atoms with van der Waals surface area (Å²) >= 11 is 0.